The Bertz CT molecular complexity index is 2100. The highest BCUT2D eigenvalue weighted by Crippen LogP contribution is 2.41. The maximum atomic E-state index is 4.72. The Morgan fingerprint density at radius 2 is 1.03 bits per heavy atom. The largest absolute Gasteiger partial charge is 0.307 e. The molecule has 4 nitrogen and oxygen atoms in total. The van der Waals surface area contributed by atoms with E-state index in [0.717, 1.165) is 33.4 Å². The molecular weight excluding hydrogens is 440 g/mol. The van der Waals surface area contributed by atoms with Gasteiger partial charge in [-0.15, -0.1) is 10.2 Å². The summed E-state index contributed by atoms with van der Waals surface area (Å²) in [6.07, 6.45) is 0. The van der Waals surface area contributed by atoms with Crippen molar-refractivity contribution in [1.82, 2.24) is 19.3 Å². The quantitative estimate of drug-likeness (QED) is 0.264. The topological polar surface area (TPSA) is 35.6 Å². The van der Waals surface area contributed by atoms with Gasteiger partial charge < -0.3 is 4.57 Å². The highest BCUT2D eigenvalue weighted by molar-refractivity contribution is 6.23. The van der Waals surface area contributed by atoms with E-state index in [1.54, 1.807) is 0 Å². The summed E-state index contributed by atoms with van der Waals surface area (Å²) in [6, 6.07) is 42.6. The summed E-state index contributed by atoms with van der Waals surface area (Å²) in [7, 11) is 0. The van der Waals surface area contributed by atoms with Crippen LogP contribution in [0.5, 0.6) is 0 Å². The summed E-state index contributed by atoms with van der Waals surface area (Å²) in [5.74, 6) is 0.817. The highest BCUT2D eigenvalue weighted by atomic mass is 15.2. The molecule has 0 aliphatic rings. The van der Waals surface area contributed by atoms with E-state index in [-0.39, 0.29) is 0 Å². The number of hydrogen-bond donors (Lipinski definition) is 0. The average molecular weight is 461 g/mol. The lowest BCUT2D eigenvalue weighted by Gasteiger charge is -2.12. The molecule has 0 saturated carbocycles. The van der Waals surface area contributed by atoms with E-state index in [4.69, 9.17) is 5.10 Å². The van der Waals surface area contributed by atoms with E-state index in [0.29, 0.717) is 0 Å². The lowest BCUT2D eigenvalue weighted by atomic mass is 10.1. The summed E-state index contributed by atoms with van der Waals surface area (Å²) in [5.41, 5.74) is 6.65. The fourth-order valence-corrected chi connectivity index (χ4v) is 5.67. The first-order valence-electron chi connectivity index (χ1n) is 12.1. The number of hydrogen-bond acceptors (Lipinski definition) is 2. The Kier molecular flexibility index (Phi) is 3.91. The van der Waals surface area contributed by atoms with Gasteiger partial charge in [-0.3, -0.25) is 4.57 Å². The third-order valence-corrected chi connectivity index (χ3v) is 7.19. The first-order chi connectivity index (χ1) is 17.9. The summed E-state index contributed by atoms with van der Waals surface area (Å²) in [6.45, 7) is 0. The second-order valence-electron chi connectivity index (χ2n) is 9.16. The van der Waals surface area contributed by atoms with Crippen molar-refractivity contribution in [2.24, 2.45) is 0 Å². The number of aromatic nitrogens is 4. The molecule has 0 aliphatic heterocycles. The molecule has 8 rings (SSSR count). The van der Waals surface area contributed by atoms with Crippen LogP contribution in [0.25, 0.3) is 66.0 Å². The van der Waals surface area contributed by atoms with Gasteiger partial charge in [0, 0.05) is 32.6 Å². The number of rotatable bonds is 2. The molecule has 0 atom stereocenters. The number of para-hydroxylation sites is 3. The first-order valence-corrected chi connectivity index (χ1v) is 12.1. The van der Waals surface area contributed by atoms with Crippen LogP contribution in [0.1, 0.15) is 0 Å². The van der Waals surface area contributed by atoms with Crippen molar-refractivity contribution >= 4 is 54.5 Å². The number of fused-ring (bicyclic) bond motifs is 8. The average Bonchev–Trinajstić information content (AvgIpc) is 3.46. The van der Waals surface area contributed by atoms with Gasteiger partial charge in [0.05, 0.1) is 27.6 Å². The zero-order valence-electron chi connectivity index (χ0n) is 19.3. The van der Waals surface area contributed by atoms with E-state index in [9.17, 15) is 0 Å². The smallest absolute Gasteiger partial charge is 0.161 e. The molecule has 3 heterocycles. The number of nitrogens with zero attached hydrogens (tertiary/aromatic N) is 4. The molecule has 0 amide bonds. The molecule has 168 valence electrons. The minimum absolute atomic E-state index is 0.817. The first kappa shape index (κ1) is 19.4. The molecule has 0 N–H and O–H groups in total. The van der Waals surface area contributed by atoms with Crippen molar-refractivity contribution in [3.63, 3.8) is 0 Å². The fraction of sp³-hybridized carbons (Fsp3) is 0. The van der Waals surface area contributed by atoms with Crippen molar-refractivity contribution in [3.8, 4) is 11.5 Å². The molecule has 0 fully saturated rings. The summed E-state index contributed by atoms with van der Waals surface area (Å²) in [4.78, 5) is 0. The molecule has 8 aromatic rings. The van der Waals surface area contributed by atoms with E-state index < -0.39 is 0 Å². The predicted octanol–water partition coefficient (Wildman–Crippen LogP) is 7.82. The van der Waals surface area contributed by atoms with Crippen molar-refractivity contribution < 1.29 is 0 Å². The maximum absolute atomic E-state index is 4.72. The van der Waals surface area contributed by atoms with Crippen molar-refractivity contribution in [1.29, 1.82) is 0 Å². The van der Waals surface area contributed by atoms with E-state index >= 15 is 0 Å². The second kappa shape index (κ2) is 7.27. The minimum atomic E-state index is 0.817. The molecular formula is C32H20N4. The Balaban J connectivity index is 1.64. The summed E-state index contributed by atoms with van der Waals surface area (Å²) < 4.78 is 4.67. The Morgan fingerprint density at radius 3 is 1.78 bits per heavy atom. The molecule has 3 aromatic heterocycles. The second-order valence-corrected chi connectivity index (χ2v) is 9.16. The van der Waals surface area contributed by atoms with Crippen LogP contribution in [0, 0.1) is 0 Å². The molecule has 0 aliphatic carbocycles. The zero-order valence-corrected chi connectivity index (χ0v) is 19.3. The molecule has 4 heteroatoms. The molecule has 0 radical (unpaired) electrons. The standard InChI is InChI=1S/C32H20N4/c1-2-11-22(12-3-1)35-28-16-8-5-13-23(28)25-18-19-26-24-14-6-9-17-29(24)36(32(26)31(25)35)30-20-21-10-4-7-15-27(21)33-34-30/h1-20H. The maximum Gasteiger partial charge on any atom is 0.161 e. The van der Waals surface area contributed by atoms with Crippen LogP contribution in [0.2, 0.25) is 0 Å². The van der Waals surface area contributed by atoms with Gasteiger partial charge in [0.15, 0.2) is 5.82 Å². The minimum Gasteiger partial charge on any atom is -0.307 e. The molecule has 5 aromatic carbocycles. The van der Waals surface area contributed by atoms with Gasteiger partial charge in [-0.1, -0.05) is 84.9 Å². The Hall–Kier alpha value is -4.96. The van der Waals surface area contributed by atoms with E-state index in [1.807, 2.05) is 18.2 Å². The molecule has 0 saturated heterocycles. The lowest BCUT2D eigenvalue weighted by molar-refractivity contribution is 0.981. The highest BCUT2D eigenvalue weighted by Gasteiger charge is 2.21. The van der Waals surface area contributed by atoms with Gasteiger partial charge in [0.25, 0.3) is 0 Å². The molecule has 0 spiro atoms. The van der Waals surface area contributed by atoms with Gasteiger partial charge >= 0.3 is 0 Å². The molecule has 0 unspecified atom stereocenters. The lowest BCUT2D eigenvalue weighted by Crippen LogP contribution is -2.01. The normalized spacial score (nSPS) is 11.9. The summed E-state index contributed by atoms with van der Waals surface area (Å²) >= 11 is 0. The van der Waals surface area contributed by atoms with Gasteiger partial charge in [0.2, 0.25) is 0 Å². The summed E-state index contributed by atoms with van der Waals surface area (Å²) in [5, 5.41) is 15.2. The predicted molar refractivity (Wildman–Crippen MR) is 148 cm³/mol. The van der Waals surface area contributed by atoms with Crippen molar-refractivity contribution in [2.45, 2.75) is 0 Å². The third-order valence-electron chi connectivity index (χ3n) is 7.19. The van der Waals surface area contributed by atoms with Crippen LogP contribution in [0.15, 0.2) is 121 Å². The Labute approximate surface area is 206 Å². The van der Waals surface area contributed by atoms with Gasteiger partial charge in [-0.05, 0) is 36.4 Å². The van der Waals surface area contributed by atoms with Gasteiger partial charge in [-0.25, -0.2) is 0 Å². The van der Waals surface area contributed by atoms with Crippen LogP contribution < -0.4 is 0 Å². The van der Waals surface area contributed by atoms with Crippen LogP contribution in [-0.4, -0.2) is 19.3 Å². The van der Waals surface area contributed by atoms with Gasteiger partial charge in [-0.2, -0.15) is 0 Å². The fourth-order valence-electron chi connectivity index (χ4n) is 5.67. The zero-order chi connectivity index (χ0) is 23.6. The third kappa shape index (κ3) is 2.58. The molecule has 0 bridgehead atoms. The van der Waals surface area contributed by atoms with Crippen molar-refractivity contribution in [3.05, 3.63) is 121 Å². The SMILES string of the molecule is c1ccc(-n2c3ccccc3c3ccc4c5ccccc5n(-c5cc6ccccc6nn5)c4c32)cc1. The van der Waals surface area contributed by atoms with Gasteiger partial charge in [0.1, 0.15) is 0 Å². The van der Waals surface area contributed by atoms with E-state index in [2.05, 4.69) is 117 Å². The van der Waals surface area contributed by atoms with Crippen LogP contribution in [0.3, 0.4) is 0 Å². The van der Waals surface area contributed by atoms with Crippen LogP contribution >= 0.6 is 0 Å². The van der Waals surface area contributed by atoms with Crippen LogP contribution in [-0.2, 0) is 0 Å². The number of benzene rings is 5. The van der Waals surface area contributed by atoms with E-state index in [1.165, 1.54) is 32.6 Å². The molecule has 36 heavy (non-hydrogen) atoms. The van der Waals surface area contributed by atoms with Crippen molar-refractivity contribution in [2.75, 3.05) is 0 Å². The Morgan fingerprint density at radius 1 is 0.444 bits per heavy atom. The van der Waals surface area contributed by atoms with Crippen LogP contribution in [0.4, 0.5) is 0 Å². The monoisotopic (exact) mass is 460 g/mol.